The molecule has 2 aromatic heterocycles. The summed E-state index contributed by atoms with van der Waals surface area (Å²) >= 11 is 0. The van der Waals surface area contributed by atoms with Gasteiger partial charge in [0.25, 0.3) is 5.91 Å². The number of ketones is 1. The molecule has 1 unspecified atom stereocenters. The minimum absolute atomic E-state index is 0.111. The lowest BCUT2D eigenvalue weighted by atomic mass is 10.1. The number of alkyl halides is 3. The minimum atomic E-state index is -4.75. The number of aryl methyl sites for hydroxylation is 1. The summed E-state index contributed by atoms with van der Waals surface area (Å²) in [6.45, 7) is 16.8. The van der Waals surface area contributed by atoms with Crippen LogP contribution in [0, 0.1) is 18.3 Å². The van der Waals surface area contributed by atoms with E-state index in [2.05, 4.69) is 46.5 Å². The van der Waals surface area contributed by atoms with Crippen LogP contribution in [0.1, 0.15) is 74.9 Å². The number of carbonyl (C=O) groups is 2. The Bertz CT molecular complexity index is 1540. The number of rotatable bonds is 13. The van der Waals surface area contributed by atoms with Crippen LogP contribution in [0.2, 0.25) is 0 Å². The fourth-order valence-electron chi connectivity index (χ4n) is 4.14. The number of nitrogens with one attached hydrogen (secondary N) is 3. The van der Waals surface area contributed by atoms with Crippen molar-refractivity contribution in [2.75, 3.05) is 18.4 Å². The molecule has 242 valence electrons. The van der Waals surface area contributed by atoms with Gasteiger partial charge in [0.2, 0.25) is 0 Å². The highest BCUT2D eigenvalue weighted by Gasteiger charge is 2.38. The van der Waals surface area contributed by atoms with E-state index in [-0.39, 0.29) is 41.0 Å². The summed E-state index contributed by atoms with van der Waals surface area (Å²) in [5.41, 5.74) is 0.623. The molecule has 2 heterocycles. The van der Waals surface area contributed by atoms with Crippen LogP contribution >= 0.6 is 0 Å². The maximum atomic E-state index is 13.7. The van der Waals surface area contributed by atoms with Crippen molar-refractivity contribution in [2.45, 2.75) is 73.1 Å². The zero-order valence-corrected chi connectivity index (χ0v) is 26.5. The standard InChI is InChI=1S/C26H26F3N7O2.C6H15N/c1-6-10-36-22(21-14-35(11-9-30)34-23(21)26(27,28)29)13-31-24(36)17(4)32-19-7-8-20(15(2)12-19)25(38)33-16(3)18(5)37;1-3-5-7-6-4-2/h6-8,10,12-14,16,32H,4,11H2,1-3,5H3,(H,33,38);7H,3-6H2,1-2H3/b10-6-;. The molecule has 0 radical (unpaired) electrons. The van der Waals surface area contributed by atoms with Crippen LogP contribution in [-0.2, 0) is 17.5 Å². The van der Waals surface area contributed by atoms with Gasteiger partial charge in [-0.15, -0.1) is 0 Å². The Labute approximate surface area is 262 Å². The third-order valence-corrected chi connectivity index (χ3v) is 6.48. The highest BCUT2D eigenvalue weighted by atomic mass is 19.4. The number of amides is 1. The van der Waals surface area contributed by atoms with E-state index in [4.69, 9.17) is 5.26 Å². The lowest BCUT2D eigenvalue weighted by Gasteiger charge is -2.15. The summed E-state index contributed by atoms with van der Waals surface area (Å²) in [5.74, 6) is -0.309. The van der Waals surface area contributed by atoms with Crippen LogP contribution in [0.3, 0.4) is 0 Å². The molecule has 1 atom stereocenters. The molecule has 0 aliphatic carbocycles. The van der Waals surface area contributed by atoms with Gasteiger partial charge in [0.05, 0.1) is 35.3 Å². The van der Waals surface area contributed by atoms with Crippen LogP contribution in [0.15, 0.2) is 43.2 Å². The number of Topliss-reactive ketones (excluding diaryl/α,β-unsaturated/α-hetero) is 1. The number of carbonyl (C=O) groups excluding carboxylic acids is 2. The zero-order valence-electron chi connectivity index (χ0n) is 26.5. The predicted octanol–water partition coefficient (Wildman–Crippen LogP) is 6.27. The van der Waals surface area contributed by atoms with Crippen molar-refractivity contribution < 1.29 is 22.8 Å². The van der Waals surface area contributed by atoms with E-state index in [1.165, 1.54) is 43.6 Å². The minimum Gasteiger partial charge on any atom is -0.353 e. The normalized spacial score (nSPS) is 11.8. The Kier molecular flexibility index (Phi) is 13.8. The van der Waals surface area contributed by atoms with Gasteiger partial charge in [0.1, 0.15) is 6.54 Å². The van der Waals surface area contributed by atoms with Gasteiger partial charge in [-0.25, -0.2) is 4.98 Å². The molecule has 0 bridgehead atoms. The molecule has 1 aromatic carbocycles. The monoisotopic (exact) mass is 626 g/mol. The molecule has 10 nitrogen and oxygen atoms in total. The number of hydrogen-bond acceptors (Lipinski definition) is 7. The molecular weight excluding hydrogens is 585 g/mol. The molecule has 0 aliphatic rings. The number of halogens is 3. The Hall–Kier alpha value is -4.70. The third kappa shape index (κ3) is 10.2. The SMILES string of the molecule is C=C(Nc1ccc(C(=O)NC(C)C(C)=O)c(C)c1)c1ncc(-c2cn(CC#N)nc2C(F)(F)F)n1/C=C\C.CCCNCCC. The van der Waals surface area contributed by atoms with Gasteiger partial charge in [-0.1, -0.05) is 26.5 Å². The van der Waals surface area contributed by atoms with Gasteiger partial charge in [0, 0.05) is 23.6 Å². The largest absolute Gasteiger partial charge is 0.435 e. The first-order valence-electron chi connectivity index (χ1n) is 14.6. The quantitative estimate of drug-likeness (QED) is 0.191. The second kappa shape index (κ2) is 17.0. The highest BCUT2D eigenvalue weighted by molar-refractivity contribution is 5.99. The topological polar surface area (TPSA) is 130 Å². The van der Waals surface area contributed by atoms with Crippen molar-refractivity contribution in [3.05, 3.63) is 65.9 Å². The molecule has 3 N–H and O–H groups in total. The Morgan fingerprint density at radius 3 is 2.40 bits per heavy atom. The van der Waals surface area contributed by atoms with Gasteiger partial charge in [-0.05, 0) is 77.4 Å². The summed E-state index contributed by atoms with van der Waals surface area (Å²) < 4.78 is 43.5. The third-order valence-electron chi connectivity index (χ3n) is 6.48. The summed E-state index contributed by atoms with van der Waals surface area (Å²) in [7, 11) is 0. The predicted molar refractivity (Wildman–Crippen MR) is 170 cm³/mol. The number of benzene rings is 1. The van der Waals surface area contributed by atoms with E-state index < -0.39 is 17.9 Å². The van der Waals surface area contributed by atoms with Crippen molar-refractivity contribution in [1.82, 2.24) is 30.0 Å². The molecule has 3 rings (SSSR count). The molecular formula is C32H41F3N8O2. The van der Waals surface area contributed by atoms with Crippen LogP contribution in [-0.4, -0.2) is 50.2 Å². The second-order valence-corrected chi connectivity index (χ2v) is 10.3. The summed E-state index contributed by atoms with van der Waals surface area (Å²) in [5, 5.41) is 21.4. The van der Waals surface area contributed by atoms with Gasteiger partial charge in [-0.3, -0.25) is 18.8 Å². The average Bonchev–Trinajstić information content (AvgIpc) is 3.58. The number of hydrogen-bond donors (Lipinski definition) is 3. The van der Waals surface area contributed by atoms with E-state index in [0.29, 0.717) is 16.8 Å². The first-order valence-corrected chi connectivity index (χ1v) is 14.6. The highest BCUT2D eigenvalue weighted by Crippen LogP contribution is 2.37. The zero-order chi connectivity index (χ0) is 33.7. The summed E-state index contributed by atoms with van der Waals surface area (Å²) in [6, 6.07) is 6.10. The van der Waals surface area contributed by atoms with Gasteiger partial charge < -0.3 is 16.0 Å². The lowest BCUT2D eigenvalue weighted by molar-refractivity contribution is -0.141. The number of anilines is 1. The van der Waals surface area contributed by atoms with Crippen molar-refractivity contribution >= 4 is 29.3 Å². The van der Waals surface area contributed by atoms with Crippen molar-refractivity contribution in [3.8, 4) is 17.3 Å². The Morgan fingerprint density at radius 2 is 1.87 bits per heavy atom. The molecule has 1 amide bonds. The molecule has 3 aromatic rings. The maximum Gasteiger partial charge on any atom is 0.435 e. The number of nitrogens with zero attached hydrogens (tertiary/aromatic N) is 5. The first kappa shape index (κ1) is 36.5. The van der Waals surface area contributed by atoms with Crippen molar-refractivity contribution in [1.29, 1.82) is 5.26 Å². The smallest absolute Gasteiger partial charge is 0.353 e. The molecule has 13 heteroatoms. The molecule has 45 heavy (non-hydrogen) atoms. The van der Waals surface area contributed by atoms with E-state index >= 15 is 0 Å². The Morgan fingerprint density at radius 1 is 1.20 bits per heavy atom. The van der Waals surface area contributed by atoms with E-state index in [1.54, 1.807) is 57.3 Å². The van der Waals surface area contributed by atoms with Crippen LogP contribution < -0.4 is 16.0 Å². The van der Waals surface area contributed by atoms with E-state index in [9.17, 15) is 22.8 Å². The van der Waals surface area contributed by atoms with Gasteiger partial charge in [-0.2, -0.15) is 23.5 Å². The molecule has 0 aliphatic heterocycles. The van der Waals surface area contributed by atoms with Gasteiger partial charge >= 0.3 is 6.18 Å². The molecule has 0 saturated carbocycles. The number of imidazole rings is 1. The fraction of sp³-hybridized carbons (Fsp3) is 0.406. The van der Waals surface area contributed by atoms with Crippen molar-refractivity contribution in [2.24, 2.45) is 0 Å². The van der Waals surface area contributed by atoms with Crippen molar-refractivity contribution in [3.63, 3.8) is 0 Å². The molecule has 0 spiro atoms. The fourth-order valence-corrected chi connectivity index (χ4v) is 4.14. The average molecular weight is 627 g/mol. The summed E-state index contributed by atoms with van der Waals surface area (Å²) in [4.78, 5) is 28.2. The molecule has 0 saturated heterocycles. The summed E-state index contributed by atoms with van der Waals surface area (Å²) in [6.07, 6.45) is 3.36. The van der Waals surface area contributed by atoms with Crippen LogP contribution in [0.4, 0.5) is 18.9 Å². The maximum absolute atomic E-state index is 13.7. The number of aromatic nitrogens is 4. The van der Waals surface area contributed by atoms with Crippen LogP contribution in [0.25, 0.3) is 23.2 Å². The van der Waals surface area contributed by atoms with E-state index in [1.807, 2.05) is 0 Å². The molecule has 0 fully saturated rings. The number of allylic oxidation sites excluding steroid dienone is 1. The van der Waals surface area contributed by atoms with Gasteiger partial charge in [0.15, 0.2) is 17.3 Å². The Balaban J connectivity index is 0.000000900. The number of nitriles is 1. The first-order chi connectivity index (χ1) is 21.3. The second-order valence-electron chi connectivity index (χ2n) is 10.3. The van der Waals surface area contributed by atoms with E-state index in [0.717, 1.165) is 10.9 Å². The lowest BCUT2D eigenvalue weighted by Crippen LogP contribution is -2.37. The van der Waals surface area contributed by atoms with Crippen LogP contribution in [0.5, 0.6) is 0 Å².